The Balaban J connectivity index is 3.28. The molecule has 0 saturated carbocycles. The van der Waals surface area contributed by atoms with Crippen LogP contribution in [0.1, 0.15) is 0 Å². The van der Waals surface area contributed by atoms with Crippen molar-refractivity contribution in [2.24, 2.45) is 0 Å². The van der Waals surface area contributed by atoms with Crippen LogP contribution in [0.25, 0.3) is 0 Å². The zero-order valence-electron chi connectivity index (χ0n) is 6.15. The van der Waals surface area contributed by atoms with E-state index >= 15 is 0 Å². The molecule has 0 aromatic carbocycles. The fraction of sp³-hybridized carbons (Fsp3) is 0.667. The standard InChI is InChI=1S/C6H13ClOSi/c1-9(2,3)8-6-4-5-7/h4-5H,6H2,1-3H3. The van der Waals surface area contributed by atoms with Gasteiger partial charge in [-0.05, 0) is 25.7 Å². The maximum absolute atomic E-state index is 5.44. The average molecular weight is 165 g/mol. The maximum Gasteiger partial charge on any atom is 0.184 e. The molecule has 1 nitrogen and oxygen atoms in total. The molecule has 0 atom stereocenters. The lowest BCUT2D eigenvalue weighted by molar-refractivity contribution is 0.357. The maximum atomic E-state index is 5.44. The van der Waals surface area contributed by atoms with Gasteiger partial charge in [-0.15, -0.1) is 0 Å². The number of halogens is 1. The van der Waals surface area contributed by atoms with Crippen molar-refractivity contribution in [2.75, 3.05) is 6.61 Å². The Kier molecular flexibility index (Phi) is 4.19. The quantitative estimate of drug-likeness (QED) is 0.583. The first-order chi connectivity index (χ1) is 4.06. The van der Waals surface area contributed by atoms with E-state index in [9.17, 15) is 0 Å². The SMILES string of the molecule is C[Si](C)(C)OCC=CCl. The van der Waals surface area contributed by atoms with Crippen LogP contribution < -0.4 is 0 Å². The van der Waals surface area contributed by atoms with Gasteiger partial charge < -0.3 is 4.43 Å². The lowest BCUT2D eigenvalue weighted by Gasteiger charge is -2.14. The Morgan fingerprint density at radius 3 is 2.33 bits per heavy atom. The second-order valence-corrected chi connectivity index (χ2v) is 7.55. The van der Waals surface area contributed by atoms with Crippen molar-refractivity contribution in [2.45, 2.75) is 19.6 Å². The molecule has 0 bridgehead atoms. The fourth-order valence-electron chi connectivity index (χ4n) is 0.334. The molecule has 9 heavy (non-hydrogen) atoms. The van der Waals surface area contributed by atoms with Crippen LogP contribution in [0.5, 0.6) is 0 Å². The molecule has 0 unspecified atom stereocenters. The summed E-state index contributed by atoms with van der Waals surface area (Å²) in [6.07, 6.45) is 1.81. The first kappa shape index (κ1) is 9.21. The Hall–Kier alpha value is 0.207. The van der Waals surface area contributed by atoms with Gasteiger partial charge in [0.1, 0.15) is 0 Å². The number of hydrogen-bond acceptors (Lipinski definition) is 1. The van der Waals surface area contributed by atoms with Gasteiger partial charge in [0.05, 0.1) is 6.61 Å². The van der Waals surface area contributed by atoms with Gasteiger partial charge in [0.2, 0.25) is 0 Å². The minimum atomic E-state index is -1.30. The minimum absolute atomic E-state index is 0.652. The third-order valence-electron chi connectivity index (χ3n) is 0.702. The van der Waals surface area contributed by atoms with Gasteiger partial charge in [-0.3, -0.25) is 0 Å². The summed E-state index contributed by atoms with van der Waals surface area (Å²) >= 11 is 5.29. The molecule has 0 aliphatic rings. The van der Waals surface area contributed by atoms with Crippen LogP contribution in [-0.2, 0) is 4.43 Å². The molecule has 0 rings (SSSR count). The van der Waals surface area contributed by atoms with E-state index in [0.29, 0.717) is 6.61 Å². The van der Waals surface area contributed by atoms with Crippen molar-refractivity contribution >= 4 is 19.9 Å². The Bertz CT molecular complexity index is 95.7. The average Bonchev–Trinajstić information content (AvgIpc) is 1.63. The van der Waals surface area contributed by atoms with Crippen molar-refractivity contribution in [3.8, 4) is 0 Å². The second kappa shape index (κ2) is 4.09. The summed E-state index contributed by atoms with van der Waals surface area (Å²) in [6.45, 7) is 7.10. The molecule has 0 fully saturated rings. The summed E-state index contributed by atoms with van der Waals surface area (Å²) < 4.78 is 5.44. The summed E-state index contributed by atoms with van der Waals surface area (Å²) in [5.74, 6) is 0. The first-order valence-electron chi connectivity index (χ1n) is 2.95. The van der Waals surface area contributed by atoms with Crippen molar-refractivity contribution < 1.29 is 4.43 Å². The van der Waals surface area contributed by atoms with Gasteiger partial charge in [-0.25, -0.2) is 0 Å². The molecular weight excluding hydrogens is 152 g/mol. The predicted octanol–water partition coefficient (Wildman–Crippen LogP) is 2.59. The van der Waals surface area contributed by atoms with E-state index in [-0.39, 0.29) is 0 Å². The molecule has 0 saturated heterocycles. The Morgan fingerprint density at radius 1 is 1.44 bits per heavy atom. The van der Waals surface area contributed by atoms with E-state index in [4.69, 9.17) is 16.0 Å². The topological polar surface area (TPSA) is 9.23 Å². The van der Waals surface area contributed by atoms with Crippen molar-refractivity contribution in [1.82, 2.24) is 0 Å². The molecule has 0 aliphatic heterocycles. The van der Waals surface area contributed by atoms with Crippen molar-refractivity contribution in [3.63, 3.8) is 0 Å². The highest BCUT2D eigenvalue weighted by Gasteiger charge is 2.11. The van der Waals surface area contributed by atoms with Crippen LogP contribution >= 0.6 is 11.6 Å². The zero-order chi connectivity index (χ0) is 7.33. The van der Waals surface area contributed by atoms with Gasteiger partial charge in [0.15, 0.2) is 8.32 Å². The summed E-state index contributed by atoms with van der Waals surface area (Å²) in [5, 5.41) is 0. The molecule has 0 spiro atoms. The molecule has 0 aliphatic carbocycles. The largest absolute Gasteiger partial charge is 0.414 e. The van der Waals surface area contributed by atoms with Gasteiger partial charge >= 0.3 is 0 Å². The molecule has 0 aromatic rings. The van der Waals surface area contributed by atoms with Crippen molar-refractivity contribution in [1.29, 1.82) is 0 Å². The van der Waals surface area contributed by atoms with E-state index in [0.717, 1.165) is 0 Å². The Morgan fingerprint density at radius 2 is 2.00 bits per heavy atom. The van der Waals surface area contributed by atoms with Crippen LogP contribution in [0.2, 0.25) is 19.6 Å². The summed E-state index contributed by atoms with van der Waals surface area (Å²) in [6, 6.07) is 0. The van der Waals surface area contributed by atoms with Crippen LogP contribution in [0.3, 0.4) is 0 Å². The highest BCUT2D eigenvalue weighted by atomic mass is 35.5. The van der Waals surface area contributed by atoms with E-state index in [1.54, 1.807) is 6.08 Å². The molecule has 0 aromatic heterocycles. The zero-order valence-corrected chi connectivity index (χ0v) is 7.90. The second-order valence-electron chi connectivity index (χ2n) is 2.79. The van der Waals surface area contributed by atoms with Crippen LogP contribution in [0.4, 0.5) is 0 Å². The molecule has 0 amide bonds. The minimum Gasteiger partial charge on any atom is -0.414 e. The lowest BCUT2D eigenvalue weighted by Crippen LogP contribution is -2.25. The third-order valence-corrected chi connectivity index (χ3v) is 1.91. The predicted molar refractivity (Wildman–Crippen MR) is 44.3 cm³/mol. The van der Waals surface area contributed by atoms with E-state index in [1.165, 1.54) is 5.54 Å². The van der Waals surface area contributed by atoms with Crippen LogP contribution in [-0.4, -0.2) is 14.9 Å². The van der Waals surface area contributed by atoms with E-state index in [1.807, 2.05) is 0 Å². The number of hydrogen-bond donors (Lipinski definition) is 0. The van der Waals surface area contributed by atoms with Gasteiger partial charge in [0.25, 0.3) is 0 Å². The van der Waals surface area contributed by atoms with Crippen LogP contribution in [0.15, 0.2) is 11.6 Å². The van der Waals surface area contributed by atoms with Gasteiger partial charge in [0, 0.05) is 5.54 Å². The first-order valence-corrected chi connectivity index (χ1v) is 6.80. The molecule has 54 valence electrons. The summed E-state index contributed by atoms with van der Waals surface area (Å²) in [5.41, 5.74) is 1.49. The highest BCUT2D eigenvalue weighted by Crippen LogP contribution is 2.01. The molecular formula is C6H13ClOSi. The molecule has 0 heterocycles. The van der Waals surface area contributed by atoms with Crippen LogP contribution in [0, 0.1) is 0 Å². The lowest BCUT2D eigenvalue weighted by atomic mass is 10.7. The molecule has 3 heteroatoms. The third kappa shape index (κ3) is 8.21. The van der Waals surface area contributed by atoms with Gasteiger partial charge in [-0.1, -0.05) is 11.6 Å². The van der Waals surface area contributed by atoms with E-state index < -0.39 is 8.32 Å². The Labute approximate surface area is 62.8 Å². The summed E-state index contributed by atoms with van der Waals surface area (Å²) in [7, 11) is -1.30. The monoisotopic (exact) mass is 164 g/mol. The number of rotatable bonds is 3. The van der Waals surface area contributed by atoms with Crippen molar-refractivity contribution in [3.05, 3.63) is 11.6 Å². The normalized spacial score (nSPS) is 12.9. The molecule has 0 N–H and O–H groups in total. The fourth-order valence-corrected chi connectivity index (χ4v) is 1.00. The van der Waals surface area contributed by atoms with Gasteiger partial charge in [-0.2, -0.15) is 0 Å². The molecule has 0 radical (unpaired) electrons. The summed E-state index contributed by atoms with van der Waals surface area (Å²) in [4.78, 5) is 0. The highest BCUT2D eigenvalue weighted by molar-refractivity contribution is 6.69. The van der Waals surface area contributed by atoms with E-state index in [2.05, 4.69) is 19.6 Å². The smallest absolute Gasteiger partial charge is 0.184 e.